The van der Waals surface area contributed by atoms with Gasteiger partial charge >= 0.3 is 12.1 Å². The number of esters is 1. The Morgan fingerprint density at radius 2 is 1.89 bits per heavy atom. The first kappa shape index (κ1) is 16.1. The van der Waals surface area contributed by atoms with Gasteiger partial charge in [-0.2, -0.15) is 0 Å². The molecule has 18 heavy (non-hydrogen) atoms. The van der Waals surface area contributed by atoms with Crippen molar-refractivity contribution in [2.75, 3.05) is 14.2 Å². The molecule has 0 aromatic heterocycles. The first-order chi connectivity index (χ1) is 8.53. The minimum Gasteiger partial charge on any atom is -0.469 e. The van der Waals surface area contributed by atoms with E-state index in [9.17, 15) is 14.4 Å². The molecule has 6 heteroatoms. The van der Waals surface area contributed by atoms with Gasteiger partial charge in [-0.05, 0) is 12.8 Å². The van der Waals surface area contributed by atoms with Crippen LogP contribution in [0.5, 0.6) is 0 Å². The van der Waals surface area contributed by atoms with Crippen LogP contribution in [0, 0.1) is 0 Å². The molecule has 0 N–H and O–H groups in total. The van der Waals surface area contributed by atoms with Crippen LogP contribution in [0.25, 0.3) is 0 Å². The van der Waals surface area contributed by atoms with Crippen LogP contribution in [0.4, 0.5) is 4.79 Å². The summed E-state index contributed by atoms with van der Waals surface area (Å²) in [5, 5.41) is 0. The molecule has 0 saturated carbocycles. The van der Waals surface area contributed by atoms with E-state index in [-0.39, 0.29) is 18.6 Å². The highest BCUT2D eigenvalue weighted by molar-refractivity contribution is 5.95. The zero-order valence-electron chi connectivity index (χ0n) is 10.6. The lowest BCUT2D eigenvalue weighted by Gasteiger charge is -2.12. The SMILES string of the molecule is C=C[C@@H](CCCC(=O)CC(=O)OC)OC(=O)OC. The molecule has 0 saturated heterocycles. The molecule has 0 rings (SSSR count). The maximum Gasteiger partial charge on any atom is 0.508 e. The summed E-state index contributed by atoms with van der Waals surface area (Å²) in [6.45, 7) is 3.52. The van der Waals surface area contributed by atoms with Gasteiger partial charge in [-0.15, -0.1) is 0 Å². The summed E-state index contributed by atoms with van der Waals surface area (Å²) in [4.78, 5) is 33.0. The molecule has 0 aliphatic carbocycles. The van der Waals surface area contributed by atoms with E-state index in [1.54, 1.807) is 0 Å². The van der Waals surface area contributed by atoms with E-state index in [2.05, 4.69) is 16.1 Å². The number of carbonyl (C=O) groups excluding carboxylic acids is 3. The number of hydrogen-bond acceptors (Lipinski definition) is 6. The molecule has 0 fully saturated rings. The summed E-state index contributed by atoms with van der Waals surface area (Å²) in [7, 11) is 2.44. The third-order valence-electron chi connectivity index (χ3n) is 2.19. The highest BCUT2D eigenvalue weighted by Crippen LogP contribution is 2.08. The minimum absolute atomic E-state index is 0.206. The molecule has 0 radical (unpaired) electrons. The quantitative estimate of drug-likeness (QED) is 0.374. The van der Waals surface area contributed by atoms with Crippen LogP contribution < -0.4 is 0 Å². The molecule has 0 heterocycles. The van der Waals surface area contributed by atoms with Crippen LogP contribution >= 0.6 is 0 Å². The summed E-state index contributed by atoms with van der Waals surface area (Å²) >= 11 is 0. The highest BCUT2D eigenvalue weighted by atomic mass is 16.7. The van der Waals surface area contributed by atoms with Gasteiger partial charge in [0, 0.05) is 6.42 Å². The van der Waals surface area contributed by atoms with Gasteiger partial charge in [0.1, 0.15) is 18.3 Å². The predicted molar refractivity (Wildman–Crippen MR) is 63.0 cm³/mol. The monoisotopic (exact) mass is 258 g/mol. The molecule has 0 aromatic rings. The Kier molecular flexibility index (Phi) is 8.26. The normalized spacial score (nSPS) is 11.2. The van der Waals surface area contributed by atoms with Gasteiger partial charge in [0.25, 0.3) is 0 Å². The number of ketones is 1. The lowest BCUT2D eigenvalue weighted by atomic mass is 10.1. The Hall–Kier alpha value is -1.85. The smallest absolute Gasteiger partial charge is 0.469 e. The first-order valence-electron chi connectivity index (χ1n) is 5.49. The fraction of sp³-hybridized carbons (Fsp3) is 0.583. The van der Waals surface area contributed by atoms with E-state index in [1.165, 1.54) is 20.3 Å². The number of Topliss-reactive ketones (excluding diaryl/α,β-unsaturated/α-hetero) is 1. The van der Waals surface area contributed by atoms with E-state index in [1.807, 2.05) is 0 Å². The van der Waals surface area contributed by atoms with Crippen LogP contribution in [-0.2, 0) is 23.8 Å². The number of hydrogen-bond donors (Lipinski definition) is 0. The zero-order chi connectivity index (χ0) is 14.0. The number of methoxy groups -OCH3 is 2. The average Bonchev–Trinajstić information content (AvgIpc) is 2.36. The number of rotatable bonds is 8. The molecule has 0 aliphatic rings. The molecule has 0 aromatic carbocycles. The third kappa shape index (κ3) is 7.43. The van der Waals surface area contributed by atoms with Crippen molar-refractivity contribution in [3.63, 3.8) is 0 Å². The fourth-order valence-electron chi connectivity index (χ4n) is 1.22. The summed E-state index contributed by atoms with van der Waals surface area (Å²) in [5.74, 6) is -0.756. The summed E-state index contributed by atoms with van der Waals surface area (Å²) in [5.41, 5.74) is 0. The molecule has 1 atom stereocenters. The highest BCUT2D eigenvalue weighted by Gasteiger charge is 2.13. The van der Waals surface area contributed by atoms with Crippen molar-refractivity contribution in [3.05, 3.63) is 12.7 Å². The second-order valence-electron chi connectivity index (χ2n) is 3.53. The fourth-order valence-corrected chi connectivity index (χ4v) is 1.22. The van der Waals surface area contributed by atoms with Crippen molar-refractivity contribution in [1.82, 2.24) is 0 Å². The van der Waals surface area contributed by atoms with Crippen molar-refractivity contribution < 1.29 is 28.6 Å². The van der Waals surface area contributed by atoms with Crippen molar-refractivity contribution in [2.45, 2.75) is 31.8 Å². The Morgan fingerprint density at radius 1 is 1.22 bits per heavy atom. The molecular formula is C12H18O6. The number of ether oxygens (including phenoxy) is 3. The van der Waals surface area contributed by atoms with E-state index >= 15 is 0 Å². The predicted octanol–water partition coefficient (Wildman–Crippen LogP) is 1.63. The zero-order valence-corrected chi connectivity index (χ0v) is 10.6. The molecule has 0 bridgehead atoms. The Balaban J connectivity index is 3.86. The van der Waals surface area contributed by atoms with Gasteiger partial charge < -0.3 is 14.2 Å². The Labute approximate surface area is 106 Å². The first-order valence-corrected chi connectivity index (χ1v) is 5.49. The van der Waals surface area contributed by atoms with Gasteiger partial charge in [-0.1, -0.05) is 12.7 Å². The topological polar surface area (TPSA) is 78.9 Å². The van der Waals surface area contributed by atoms with Crippen molar-refractivity contribution >= 4 is 17.9 Å². The van der Waals surface area contributed by atoms with Crippen LogP contribution in [0.3, 0.4) is 0 Å². The summed E-state index contributed by atoms with van der Waals surface area (Å²) in [6, 6.07) is 0. The summed E-state index contributed by atoms with van der Waals surface area (Å²) < 4.78 is 13.6. The van der Waals surface area contributed by atoms with E-state index in [4.69, 9.17) is 4.74 Å². The Morgan fingerprint density at radius 3 is 2.39 bits per heavy atom. The van der Waals surface area contributed by atoms with Crippen LogP contribution in [0.15, 0.2) is 12.7 Å². The average molecular weight is 258 g/mol. The van der Waals surface area contributed by atoms with Crippen LogP contribution in [0.2, 0.25) is 0 Å². The van der Waals surface area contributed by atoms with Crippen molar-refractivity contribution in [1.29, 1.82) is 0 Å². The summed E-state index contributed by atoms with van der Waals surface area (Å²) in [6.07, 6.45) is 1.11. The van der Waals surface area contributed by atoms with Gasteiger partial charge in [0.2, 0.25) is 0 Å². The number of carbonyl (C=O) groups is 3. The van der Waals surface area contributed by atoms with E-state index in [0.717, 1.165) is 0 Å². The third-order valence-corrected chi connectivity index (χ3v) is 2.19. The lowest BCUT2D eigenvalue weighted by Crippen LogP contribution is -2.16. The van der Waals surface area contributed by atoms with Crippen molar-refractivity contribution in [3.8, 4) is 0 Å². The van der Waals surface area contributed by atoms with Gasteiger partial charge in [0.15, 0.2) is 0 Å². The van der Waals surface area contributed by atoms with Gasteiger partial charge in [-0.25, -0.2) is 4.79 Å². The maximum absolute atomic E-state index is 11.3. The van der Waals surface area contributed by atoms with E-state index in [0.29, 0.717) is 12.8 Å². The van der Waals surface area contributed by atoms with Crippen LogP contribution in [-0.4, -0.2) is 38.2 Å². The molecule has 102 valence electrons. The largest absolute Gasteiger partial charge is 0.508 e. The standard InChI is InChI=1S/C12H18O6/c1-4-10(18-12(15)17-3)7-5-6-9(13)8-11(14)16-2/h4,10H,1,5-8H2,2-3H3/t10-/m0/s1. The minimum atomic E-state index is -0.791. The lowest BCUT2D eigenvalue weighted by molar-refractivity contribution is -0.143. The molecule has 0 unspecified atom stereocenters. The second kappa shape index (κ2) is 9.21. The molecular weight excluding hydrogens is 240 g/mol. The Bertz CT molecular complexity index is 310. The van der Waals surface area contributed by atoms with E-state index < -0.39 is 18.2 Å². The molecule has 0 aliphatic heterocycles. The molecule has 0 spiro atoms. The molecule has 6 nitrogen and oxygen atoms in total. The molecule has 0 amide bonds. The maximum atomic E-state index is 11.3. The second-order valence-corrected chi connectivity index (χ2v) is 3.53. The van der Waals surface area contributed by atoms with Gasteiger partial charge in [0.05, 0.1) is 14.2 Å². The van der Waals surface area contributed by atoms with Crippen molar-refractivity contribution in [2.24, 2.45) is 0 Å². The van der Waals surface area contributed by atoms with Gasteiger partial charge in [-0.3, -0.25) is 9.59 Å². The van der Waals surface area contributed by atoms with Crippen LogP contribution in [0.1, 0.15) is 25.7 Å².